The van der Waals surface area contributed by atoms with Crippen LogP contribution in [0.2, 0.25) is 0 Å². The van der Waals surface area contributed by atoms with E-state index in [4.69, 9.17) is 0 Å². The molecule has 8 heteroatoms. The summed E-state index contributed by atoms with van der Waals surface area (Å²) in [5, 5.41) is 0.485. The number of esters is 2. The molecule has 0 aliphatic heterocycles. The fourth-order valence-electron chi connectivity index (χ4n) is 1.05. The van der Waals surface area contributed by atoms with Crippen LogP contribution in [0.1, 0.15) is 5.82 Å². The van der Waals surface area contributed by atoms with Gasteiger partial charge in [0.25, 0.3) is 0 Å². The van der Waals surface area contributed by atoms with E-state index >= 15 is 0 Å². The number of aryl methyl sites for hydroxylation is 1. The highest BCUT2D eigenvalue weighted by Gasteiger charge is 2.19. The number of methoxy groups -OCH3 is 2. The minimum atomic E-state index is -0.457. The standard InChI is InChI=1S/C9H13N3O4S/c1-6-10-9(17-11-6)12(4-7(13)15-2)5-8(14)16-3/h4-5H2,1-3H3. The number of hydrogen-bond acceptors (Lipinski definition) is 8. The molecule has 0 fully saturated rings. The SMILES string of the molecule is COC(=O)CN(CC(=O)OC)c1nc(C)ns1. The zero-order valence-corrected chi connectivity index (χ0v) is 10.6. The normalized spacial score (nSPS) is 9.82. The van der Waals surface area contributed by atoms with Crippen LogP contribution in [0.25, 0.3) is 0 Å². The zero-order valence-electron chi connectivity index (χ0n) is 9.80. The maximum atomic E-state index is 11.2. The molecule has 7 nitrogen and oxygen atoms in total. The molecular weight excluding hydrogens is 246 g/mol. The van der Waals surface area contributed by atoms with Crippen LogP contribution in [0.15, 0.2) is 0 Å². The minimum Gasteiger partial charge on any atom is -0.468 e. The summed E-state index contributed by atoms with van der Waals surface area (Å²) in [5.41, 5.74) is 0. The maximum absolute atomic E-state index is 11.2. The molecule has 0 saturated heterocycles. The van der Waals surface area contributed by atoms with E-state index in [-0.39, 0.29) is 13.1 Å². The first-order chi connectivity index (χ1) is 8.06. The molecule has 0 aliphatic rings. The molecule has 17 heavy (non-hydrogen) atoms. The Morgan fingerprint density at radius 2 is 1.76 bits per heavy atom. The number of rotatable bonds is 5. The molecule has 94 valence electrons. The molecule has 0 N–H and O–H groups in total. The summed E-state index contributed by atoms with van der Waals surface area (Å²) in [5.74, 6) is -0.326. The lowest BCUT2D eigenvalue weighted by molar-refractivity contribution is -0.140. The Morgan fingerprint density at radius 3 is 2.12 bits per heavy atom. The molecule has 0 radical (unpaired) electrons. The van der Waals surface area contributed by atoms with Gasteiger partial charge in [0, 0.05) is 11.5 Å². The molecule has 1 heterocycles. The van der Waals surface area contributed by atoms with Crippen molar-refractivity contribution in [3.63, 3.8) is 0 Å². The largest absolute Gasteiger partial charge is 0.468 e. The molecule has 0 bridgehead atoms. The maximum Gasteiger partial charge on any atom is 0.325 e. The second-order valence-electron chi connectivity index (χ2n) is 3.13. The lowest BCUT2D eigenvalue weighted by atomic mass is 10.5. The molecule has 0 spiro atoms. The third-order valence-corrected chi connectivity index (χ3v) is 2.75. The number of aromatic nitrogens is 2. The number of anilines is 1. The van der Waals surface area contributed by atoms with Crippen LogP contribution in [0.4, 0.5) is 5.13 Å². The summed E-state index contributed by atoms with van der Waals surface area (Å²) in [6.07, 6.45) is 0. The fraction of sp³-hybridized carbons (Fsp3) is 0.556. The van der Waals surface area contributed by atoms with E-state index in [2.05, 4.69) is 18.8 Å². The zero-order chi connectivity index (χ0) is 12.8. The molecule has 0 atom stereocenters. The second kappa shape index (κ2) is 6.14. The molecule has 0 aliphatic carbocycles. The van der Waals surface area contributed by atoms with Gasteiger partial charge in [0.2, 0.25) is 5.13 Å². The summed E-state index contributed by atoms with van der Waals surface area (Å²) >= 11 is 1.11. The van der Waals surface area contributed by atoms with E-state index in [1.54, 1.807) is 6.92 Å². The Balaban J connectivity index is 2.78. The highest BCUT2D eigenvalue weighted by atomic mass is 32.1. The van der Waals surface area contributed by atoms with Gasteiger partial charge in [-0.2, -0.15) is 4.37 Å². The van der Waals surface area contributed by atoms with Gasteiger partial charge in [0.05, 0.1) is 14.2 Å². The highest BCUT2D eigenvalue weighted by molar-refractivity contribution is 7.09. The predicted octanol–water partition coefficient (Wildman–Crippen LogP) is -0.00108. The van der Waals surface area contributed by atoms with E-state index < -0.39 is 11.9 Å². The van der Waals surface area contributed by atoms with Gasteiger partial charge in [0.1, 0.15) is 18.9 Å². The van der Waals surface area contributed by atoms with Gasteiger partial charge < -0.3 is 14.4 Å². The van der Waals surface area contributed by atoms with Crippen LogP contribution in [-0.2, 0) is 19.1 Å². The average molecular weight is 259 g/mol. The number of nitrogens with zero attached hydrogens (tertiary/aromatic N) is 3. The smallest absolute Gasteiger partial charge is 0.325 e. The van der Waals surface area contributed by atoms with Gasteiger partial charge in [-0.05, 0) is 6.92 Å². The molecular formula is C9H13N3O4S. The van der Waals surface area contributed by atoms with Crippen LogP contribution in [0.3, 0.4) is 0 Å². The van der Waals surface area contributed by atoms with Crippen LogP contribution in [0.5, 0.6) is 0 Å². The van der Waals surface area contributed by atoms with Crippen molar-refractivity contribution in [3.8, 4) is 0 Å². The quantitative estimate of drug-likeness (QED) is 0.688. The van der Waals surface area contributed by atoms with E-state index in [9.17, 15) is 9.59 Å². The van der Waals surface area contributed by atoms with Crippen molar-refractivity contribution in [1.29, 1.82) is 0 Å². The van der Waals surface area contributed by atoms with Crippen molar-refractivity contribution in [3.05, 3.63) is 5.82 Å². The van der Waals surface area contributed by atoms with Crippen molar-refractivity contribution in [2.75, 3.05) is 32.2 Å². The van der Waals surface area contributed by atoms with Crippen LogP contribution >= 0.6 is 11.5 Å². The first-order valence-electron chi connectivity index (χ1n) is 4.75. The van der Waals surface area contributed by atoms with Gasteiger partial charge in [-0.3, -0.25) is 9.59 Å². The van der Waals surface area contributed by atoms with E-state index in [0.29, 0.717) is 11.0 Å². The molecule has 1 aromatic heterocycles. The molecule has 1 rings (SSSR count). The van der Waals surface area contributed by atoms with Gasteiger partial charge in [-0.25, -0.2) is 4.98 Å². The summed E-state index contributed by atoms with van der Waals surface area (Å²) < 4.78 is 13.1. The molecule has 0 unspecified atom stereocenters. The van der Waals surface area contributed by atoms with Crippen molar-refractivity contribution < 1.29 is 19.1 Å². The monoisotopic (exact) mass is 259 g/mol. The van der Waals surface area contributed by atoms with Crippen molar-refractivity contribution in [2.24, 2.45) is 0 Å². The van der Waals surface area contributed by atoms with E-state index in [1.165, 1.54) is 19.1 Å². The second-order valence-corrected chi connectivity index (χ2v) is 3.86. The fourth-order valence-corrected chi connectivity index (χ4v) is 1.72. The average Bonchev–Trinajstić information content (AvgIpc) is 2.74. The van der Waals surface area contributed by atoms with Crippen molar-refractivity contribution >= 4 is 28.6 Å². The van der Waals surface area contributed by atoms with Gasteiger partial charge in [-0.15, -0.1) is 0 Å². The Kier molecular flexibility index (Phi) is 4.83. The Morgan fingerprint density at radius 1 is 1.24 bits per heavy atom. The van der Waals surface area contributed by atoms with E-state index in [0.717, 1.165) is 11.5 Å². The third kappa shape index (κ3) is 3.99. The van der Waals surface area contributed by atoms with Crippen molar-refractivity contribution in [2.45, 2.75) is 6.92 Å². The first kappa shape index (κ1) is 13.4. The van der Waals surface area contributed by atoms with E-state index in [1.807, 2.05) is 0 Å². The highest BCUT2D eigenvalue weighted by Crippen LogP contribution is 2.16. The molecule has 0 aromatic carbocycles. The van der Waals surface area contributed by atoms with Gasteiger partial charge in [0.15, 0.2) is 0 Å². The topological polar surface area (TPSA) is 81.6 Å². The summed E-state index contributed by atoms with van der Waals surface area (Å²) in [7, 11) is 2.56. The number of carbonyl (C=O) groups excluding carboxylic acids is 2. The van der Waals surface area contributed by atoms with Gasteiger partial charge >= 0.3 is 11.9 Å². The number of carbonyl (C=O) groups is 2. The minimum absolute atomic E-state index is 0.0692. The number of hydrogen-bond donors (Lipinski definition) is 0. The summed E-state index contributed by atoms with van der Waals surface area (Å²) in [4.78, 5) is 28.0. The predicted molar refractivity (Wildman–Crippen MR) is 60.9 cm³/mol. The lowest BCUT2D eigenvalue weighted by Gasteiger charge is -2.17. The molecule has 0 amide bonds. The lowest BCUT2D eigenvalue weighted by Crippen LogP contribution is -2.35. The van der Waals surface area contributed by atoms with Crippen molar-refractivity contribution in [1.82, 2.24) is 9.36 Å². The third-order valence-electron chi connectivity index (χ3n) is 1.88. The summed E-state index contributed by atoms with van der Waals surface area (Å²) in [6, 6.07) is 0. The van der Waals surface area contributed by atoms with Crippen LogP contribution < -0.4 is 4.90 Å². The van der Waals surface area contributed by atoms with Crippen LogP contribution in [-0.4, -0.2) is 48.6 Å². The summed E-state index contributed by atoms with van der Waals surface area (Å²) in [6.45, 7) is 1.59. The molecule has 1 aromatic rings. The first-order valence-corrected chi connectivity index (χ1v) is 5.53. The molecule has 0 saturated carbocycles. The van der Waals surface area contributed by atoms with Gasteiger partial charge in [-0.1, -0.05) is 0 Å². The Hall–Kier alpha value is -1.70. The van der Waals surface area contributed by atoms with Crippen LogP contribution in [0, 0.1) is 6.92 Å². The number of ether oxygens (including phenoxy) is 2. The Labute approximate surface area is 103 Å². The Bertz CT molecular complexity index is 389.